The maximum Gasteiger partial charge on any atom is 0.263 e. The number of piperazine rings is 1. The average molecular weight is 690 g/mol. The zero-order valence-corrected chi connectivity index (χ0v) is 28.9. The van der Waals surface area contributed by atoms with E-state index in [1.807, 2.05) is 12.1 Å². The fourth-order valence-corrected chi connectivity index (χ4v) is 6.40. The van der Waals surface area contributed by atoms with Gasteiger partial charge in [0.25, 0.3) is 5.56 Å². The Bertz CT molecular complexity index is 1710. The zero-order valence-electron chi connectivity index (χ0n) is 28.9. The van der Waals surface area contributed by atoms with Crippen molar-refractivity contribution in [2.24, 2.45) is 0 Å². The third kappa shape index (κ3) is 9.49. The number of rotatable bonds is 17. The van der Waals surface area contributed by atoms with Crippen molar-refractivity contribution in [3.63, 3.8) is 0 Å². The molecule has 2 amide bonds. The fraction of sp³-hybridized carbons (Fsp3) is 0.514. The number of ether oxygens (including phenoxy) is 2. The van der Waals surface area contributed by atoms with Gasteiger partial charge in [0.05, 0.1) is 50.4 Å². The van der Waals surface area contributed by atoms with Crippen molar-refractivity contribution in [1.82, 2.24) is 35.1 Å². The second kappa shape index (κ2) is 17.8. The average Bonchev–Trinajstić information content (AvgIpc) is 3.64. The van der Waals surface area contributed by atoms with Crippen LogP contribution in [-0.4, -0.2) is 114 Å². The highest BCUT2D eigenvalue weighted by molar-refractivity contribution is 5.99. The maximum atomic E-state index is 13.5. The van der Waals surface area contributed by atoms with E-state index in [2.05, 4.69) is 42.3 Å². The predicted molar refractivity (Wildman–Crippen MR) is 190 cm³/mol. The number of aryl methyl sites for hydroxylation is 1. The van der Waals surface area contributed by atoms with E-state index in [1.54, 1.807) is 23.9 Å². The highest BCUT2D eigenvalue weighted by atomic mass is 16.5. The predicted octanol–water partition coefficient (Wildman–Crippen LogP) is 2.13. The van der Waals surface area contributed by atoms with Gasteiger partial charge in [-0.2, -0.15) is 4.98 Å². The van der Waals surface area contributed by atoms with Crippen LogP contribution in [0, 0.1) is 6.92 Å². The molecule has 50 heavy (non-hydrogen) atoms. The summed E-state index contributed by atoms with van der Waals surface area (Å²) in [5.74, 6) is 0.376. The molecule has 15 heteroatoms. The Hall–Kier alpha value is -4.73. The van der Waals surface area contributed by atoms with E-state index in [0.29, 0.717) is 74.4 Å². The first kappa shape index (κ1) is 36.5. The minimum atomic E-state index is -0.282. The van der Waals surface area contributed by atoms with Crippen LogP contribution in [0.25, 0.3) is 11.0 Å². The van der Waals surface area contributed by atoms with Gasteiger partial charge in [0, 0.05) is 56.9 Å². The normalized spacial score (nSPS) is 15.3. The van der Waals surface area contributed by atoms with E-state index < -0.39 is 0 Å². The summed E-state index contributed by atoms with van der Waals surface area (Å²) in [6.07, 6.45) is 8.52. The number of nitrogens with zero attached hydrogens (tertiary/aromatic N) is 6. The lowest BCUT2D eigenvalue weighted by Gasteiger charge is -2.35. The lowest BCUT2D eigenvalue weighted by atomic mass is 10.0. The first-order chi connectivity index (χ1) is 24.2. The van der Waals surface area contributed by atoms with Crippen molar-refractivity contribution in [2.75, 3.05) is 82.5 Å². The molecule has 2 aliphatic rings. The first-order valence-electron chi connectivity index (χ1n) is 17.2. The molecule has 15 nitrogen and oxygen atoms in total. The Kier molecular flexibility index (Phi) is 13.0. The van der Waals surface area contributed by atoms with Crippen LogP contribution in [-0.2, 0) is 19.1 Å². The number of fused-ring (bicyclic) bond motifs is 1. The Morgan fingerprint density at radius 3 is 2.30 bits per heavy atom. The van der Waals surface area contributed by atoms with Crippen molar-refractivity contribution in [1.29, 1.82) is 0 Å². The third-order valence-corrected chi connectivity index (χ3v) is 9.01. The molecule has 1 aliphatic heterocycles. The van der Waals surface area contributed by atoms with E-state index in [9.17, 15) is 19.2 Å². The number of amides is 2. The third-order valence-electron chi connectivity index (χ3n) is 9.01. The molecule has 1 saturated heterocycles. The molecule has 3 aromatic heterocycles. The number of nitrogens with one attached hydrogen (secondary N) is 3. The maximum absolute atomic E-state index is 13.5. The number of carbonyl (C=O) groups excluding carboxylic acids is 3. The molecular formula is C35H47N9O6. The van der Waals surface area contributed by atoms with Gasteiger partial charge < -0.3 is 30.3 Å². The van der Waals surface area contributed by atoms with E-state index >= 15 is 0 Å². The number of ketones is 1. The molecule has 0 atom stereocenters. The van der Waals surface area contributed by atoms with Gasteiger partial charge in [-0.3, -0.25) is 28.6 Å². The molecule has 0 aromatic carbocycles. The van der Waals surface area contributed by atoms with E-state index in [1.165, 1.54) is 13.0 Å². The summed E-state index contributed by atoms with van der Waals surface area (Å²) in [4.78, 5) is 67.6. The van der Waals surface area contributed by atoms with Crippen molar-refractivity contribution < 1.29 is 23.9 Å². The van der Waals surface area contributed by atoms with E-state index in [-0.39, 0.29) is 34.8 Å². The molecule has 3 aromatic rings. The minimum Gasteiger partial charge on any atom is -0.377 e. The molecular weight excluding hydrogens is 642 g/mol. The Morgan fingerprint density at radius 2 is 1.66 bits per heavy atom. The van der Waals surface area contributed by atoms with Gasteiger partial charge in [-0.05, 0) is 50.5 Å². The molecule has 0 unspecified atom stereocenters. The van der Waals surface area contributed by atoms with Crippen LogP contribution >= 0.6 is 0 Å². The summed E-state index contributed by atoms with van der Waals surface area (Å²) in [5.41, 5.74) is 2.04. The van der Waals surface area contributed by atoms with Gasteiger partial charge in [-0.25, -0.2) is 9.97 Å². The van der Waals surface area contributed by atoms with Crippen LogP contribution in [0.5, 0.6) is 0 Å². The van der Waals surface area contributed by atoms with Crippen molar-refractivity contribution >= 4 is 46.1 Å². The number of Topliss-reactive ketones (excluding diaryl/α,β-unsaturated/α-hetero) is 1. The number of carbonyl (C=O) groups is 3. The molecule has 3 N–H and O–H groups in total. The Labute approximate surface area is 291 Å². The number of pyridine rings is 2. The number of hydrogen-bond acceptors (Lipinski definition) is 12. The first-order valence-corrected chi connectivity index (χ1v) is 17.2. The molecule has 5 rings (SSSR count). The molecule has 0 radical (unpaired) electrons. The van der Waals surface area contributed by atoms with Crippen LogP contribution in [0.1, 0.15) is 54.6 Å². The van der Waals surface area contributed by atoms with Crippen molar-refractivity contribution in [2.45, 2.75) is 45.6 Å². The summed E-state index contributed by atoms with van der Waals surface area (Å²) in [6.45, 7) is 12.4. The number of anilines is 3. The number of aromatic nitrogens is 4. The zero-order chi connectivity index (χ0) is 35.5. The molecule has 0 bridgehead atoms. The standard InChI is InChI=1S/C35H47N9O6/c1-4-30(46)36-11-17-49-19-20-50-18-12-37-31(47)23-42-13-15-43(16-14-42)27-9-10-29(38-21-27)40-35-39-22-28-24(2)32(25(3)45)34(48)44(33(28)41-35)26-7-5-6-8-26/h4,9-10,21-22,26H,1,5-8,11-20,23H2,2-3H3,(H,36,46)(H,37,47)(H,38,39,40,41). The molecule has 1 aliphatic carbocycles. The van der Waals surface area contributed by atoms with Crippen LogP contribution in [0.2, 0.25) is 0 Å². The quantitative estimate of drug-likeness (QED) is 0.107. The summed E-state index contributed by atoms with van der Waals surface area (Å²) in [6, 6.07) is 3.86. The second-order valence-electron chi connectivity index (χ2n) is 12.5. The Balaban J connectivity index is 1.06. The van der Waals surface area contributed by atoms with Gasteiger partial charge in [-0.15, -0.1) is 0 Å². The largest absolute Gasteiger partial charge is 0.377 e. The van der Waals surface area contributed by atoms with Gasteiger partial charge in [0.1, 0.15) is 11.5 Å². The van der Waals surface area contributed by atoms with Gasteiger partial charge in [0.15, 0.2) is 5.78 Å². The van der Waals surface area contributed by atoms with Crippen LogP contribution in [0.4, 0.5) is 17.5 Å². The highest BCUT2D eigenvalue weighted by Gasteiger charge is 2.26. The summed E-state index contributed by atoms with van der Waals surface area (Å²) in [7, 11) is 0. The Morgan fingerprint density at radius 1 is 0.960 bits per heavy atom. The highest BCUT2D eigenvalue weighted by Crippen LogP contribution is 2.32. The molecule has 2 fully saturated rings. The van der Waals surface area contributed by atoms with Gasteiger partial charge in [0.2, 0.25) is 17.8 Å². The summed E-state index contributed by atoms with van der Waals surface area (Å²) < 4.78 is 12.6. The summed E-state index contributed by atoms with van der Waals surface area (Å²) in [5, 5.41) is 9.39. The summed E-state index contributed by atoms with van der Waals surface area (Å²) >= 11 is 0. The van der Waals surface area contributed by atoms with Crippen molar-refractivity contribution in [3.8, 4) is 0 Å². The van der Waals surface area contributed by atoms with Gasteiger partial charge in [-0.1, -0.05) is 19.4 Å². The fourth-order valence-electron chi connectivity index (χ4n) is 6.40. The van der Waals surface area contributed by atoms with Crippen LogP contribution in [0.3, 0.4) is 0 Å². The molecule has 0 spiro atoms. The molecule has 1 saturated carbocycles. The molecule has 4 heterocycles. The lowest BCUT2D eigenvalue weighted by molar-refractivity contribution is -0.122. The molecule has 268 valence electrons. The minimum absolute atomic E-state index is 0.00646. The van der Waals surface area contributed by atoms with Crippen LogP contribution in [0.15, 0.2) is 42.0 Å². The van der Waals surface area contributed by atoms with Crippen molar-refractivity contribution in [3.05, 3.63) is 58.7 Å². The van der Waals surface area contributed by atoms with E-state index in [0.717, 1.165) is 57.5 Å². The second-order valence-corrected chi connectivity index (χ2v) is 12.5. The smallest absolute Gasteiger partial charge is 0.263 e. The SMILES string of the molecule is C=CC(=O)NCCOCCOCCNC(=O)CN1CCN(c2ccc(Nc3ncc4c(C)c(C(C)=O)c(=O)n(C5CCCC5)c4n3)nc2)CC1. The topological polar surface area (TPSA) is 173 Å². The van der Waals surface area contributed by atoms with Crippen LogP contribution < -0.4 is 26.4 Å². The monoisotopic (exact) mass is 689 g/mol. The number of hydrogen-bond donors (Lipinski definition) is 3. The lowest BCUT2D eigenvalue weighted by Crippen LogP contribution is -2.49. The van der Waals surface area contributed by atoms with Gasteiger partial charge >= 0.3 is 0 Å². The van der Waals surface area contributed by atoms with E-state index in [4.69, 9.17) is 14.5 Å².